The highest BCUT2D eigenvalue weighted by Gasteiger charge is 2.27. The van der Waals surface area contributed by atoms with Crippen LogP contribution < -0.4 is 0 Å². The van der Waals surface area contributed by atoms with Crippen molar-refractivity contribution in [2.24, 2.45) is 0 Å². The fourth-order valence-electron chi connectivity index (χ4n) is 1.91. The summed E-state index contributed by atoms with van der Waals surface area (Å²) in [6.07, 6.45) is -0.698. The van der Waals surface area contributed by atoms with Gasteiger partial charge in [0.2, 0.25) is 10.0 Å². The van der Waals surface area contributed by atoms with Gasteiger partial charge in [-0.2, -0.15) is 4.31 Å². The van der Waals surface area contributed by atoms with Gasteiger partial charge in [-0.05, 0) is 38.5 Å². The van der Waals surface area contributed by atoms with Gasteiger partial charge in [-0.15, -0.1) is 0 Å². The number of aliphatic hydroxyl groups is 1. The molecule has 1 aromatic rings. The van der Waals surface area contributed by atoms with Crippen LogP contribution in [0.3, 0.4) is 0 Å². The van der Waals surface area contributed by atoms with Crippen LogP contribution in [0.25, 0.3) is 0 Å². The topological polar surface area (TPSA) is 66.8 Å². The van der Waals surface area contributed by atoms with Crippen LogP contribution in [0.5, 0.6) is 0 Å². The van der Waals surface area contributed by atoms with Gasteiger partial charge < -0.3 is 9.84 Å². The third-order valence-electron chi connectivity index (χ3n) is 3.04. The predicted molar refractivity (Wildman–Crippen MR) is 78.0 cm³/mol. The first-order valence-corrected chi connectivity index (χ1v) is 8.03. The lowest BCUT2D eigenvalue weighted by Gasteiger charge is -2.25. The van der Waals surface area contributed by atoms with Crippen molar-refractivity contribution < 1.29 is 18.3 Å². The summed E-state index contributed by atoms with van der Waals surface area (Å²) in [6.45, 7) is 5.90. The van der Waals surface area contributed by atoms with Crippen LogP contribution in [0.1, 0.15) is 32.4 Å². The smallest absolute Gasteiger partial charge is 0.243 e. The number of ether oxygens (including phenoxy) is 1. The molecule has 1 atom stereocenters. The Hall–Kier alpha value is -0.950. The van der Waals surface area contributed by atoms with Crippen molar-refractivity contribution >= 4 is 10.0 Å². The molecular weight excluding hydrogens is 278 g/mol. The zero-order valence-electron chi connectivity index (χ0n) is 12.4. The molecule has 0 saturated carbocycles. The van der Waals surface area contributed by atoms with E-state index in [-0.39, 0.29) is 10.9 Å². The lowest BCUT2D eigenvalue weighted by Crippen LogP contribution is -2.39. The predicted octanol–water partition coefficient (Wildman–Crippen LogP) is 1.79. The number of methoxy groups -OCH3 is 1. The van der Waals surface area contributed by atoms with Crippen LogP contribution in [0.2, 0.25) is 0 Å². The second kappa shape index (κ2) is 7.17. The third kappa shape index (κ3) is 4.02. The van der Waals surface area contributed by atoms with E-state index in [0.29, 0.717) is 18.7 Å². The van der Waals surface area contributed by atoms with Crippen molar-refractivity contribution in [3.05, 3.63) is 29.8 Å². The maximum atomic E-state index is 12.6. The van der Waals surface area contributed by atoms with Crippen LogP contribution in [0, 0.1) is 0 Å². The number of sulfonamides is 1. The van der Waals surface area contributed by atoms with Gasteiger partial charge in [-0.3, -0.25) is 0 Å². The van der Waals surface area contributed by atoms with Gasteiger partial charge in [-0.1, -0.05) is 12.1 Å². The van der Waals surface area contributed by atoms with Crippen LogP contribution in [0.15, 0.2) is 29.2 Å². The molecule has 6 heteroatoms. The van der Waals surface area contributed by atoms with Crippen LogP contribution >= 0.6 is 0 Å². The second-order valence-corrected chi connectivity index (χ2v) is 6.84. The van der Waals surface area contributed by atoms with Crippen molar-refractivity contribution in [1.82, 2.24) is 4.31 Å². The third-order valence-corrected chi connectivity index (χ3v) is 5.11. The molecule has 0 aliphatic heterocycles. The van der Waals surface area contributed by atoms with E-state index in [4.69, 9.17) is 4.74 Å². The quantitative estimate of drug-likeness (QED) is 0.833. The van der Waals surface area contributed by atoms with Gasteiger partial charge in [0.25, 0.3) is 0 Å². The first-order valence-electron chi connectivity index (χ1n) is 6.59. The van der Waals surface area contributed by atoms with E-state index in [1.54, 1.807) is 32.2 Å². The Morgan fingerprint density at radius 2 is 1.95 bits per heavy atom. The molecule has 0 heterocycles. The normalized spacial score (nSPS) is 13.9. The van der Waals surface area contributed by atoms with Crippen molar-refractivity contribution in [2.45, 2.75) is 37.8 Å². The van der Waals surface area contributed by atoms with Gasteiger partial charge in [0.1, 0.15) is 0 Å². The summed E-state index contributed by atoms with van der Waals surface area (Å²) in [5.41, 5.74) is 0.585. The zero-order valence-corrected chi connectivity index (χ0v) is 13.2. The molecule has 0 spiro atoms. The number of rotatable bonds is 7. The second-order valence-electron chi connectivity index (χ2n) is 4.95. The minimum absolute atomic E-state index is 0.162. The molecule has 5 nitrogen and oxygen atoms in total. The standard InChI is InChI=1S/C14H23NO4S/c1-11(2)15(8-9-19-4)20(17,18)14-7-5-6-13(10-14)12(3)16/h5-7,10-12,16H,8-9H2,1-4H3. The summed E-state index contributed by atoms with van der Waals surface area (Å²) in [6, 6.07) is 6.25. The van der Waals surface area contributed by atoms with Gasteiger partial charge in [-0.25, -0.2) is 8.42 Å². The summed E-state index contributed by atoms with van der Waals surface area (Å²) >= 11 is 0. The summed E-state index contributed by atoms with van der Waals surface area (Å²) in [5.74, 6) is 0. The number of aliphatic hydroxyl groups excluding tert-OH is 1. The Balaban J connectivity index is 3.15. The van der Waals surface area contributed by atoms with Crippen molar-refractivity contribution in [3.8, 4) is 0 Å². The number of hydrogen-bond acceptors (Lipinski definition) is 4. The molecule has 20 heavy (non-hydrogen) atoms. The molecule has 1 aromatic carbocycles. The van der Waals surface area contributed by atoms with E-state index >= 15 is 0 Å². The van der Waals surface area contributed by atoms with E-state index in [2.05, 4.69) is 0 Å². The van der Waals surface area contributed by atoms with E-state index in [9.17, 15) is 13.5 Å². The largest absolute Gasteiger partial charge is 0.389 e. The highest BCUT2D eigenvalue weighted by atomic mass is 32.2. The van der Waals surface area contributed by atoms with Gasteiger partial charge in [0, 0.05) is 19.7 Å². The molecular formula is C14H23NO4S. The first kappa shape index (κ1) is 17.1. The van der Waals surface area contributed by atoms with Gasteiger partial charge >= 0.3 is 0 Å². The van der Waals surface area contributed by atoms with Crippen LogP contribution in [0.4, 0.5) is 0 Å². The lowest BCUT2D eigenvalue weighted by atomic mass is 10.1. The van der Waals surface area contributed by atoms with Crippen LogP contribution in [-0.2, 0) is 14.8 Å². The van der Waals surface area contributed by atoms with Gasteiger partial charge in [0.05, 0.1) is 17.6 Å². The fourth-order valence-corrected chi connectivity index (χ4v) is 3.58. The average Bonchev–Trinajstić information content (AvgIpc) is 2.38. The van der Waals surface area contributed by atoms with Crippen LogP contribution in [-0.4, -0.2) is 44.1 Å². The Bertz CT molecular complexity index is 526. The molecule has 114 valence electrons. The highest BCUT2D eigenvalue weighted by molar-refractivity contribution is 7.89. The van der Waals surface area contributed by atoms with Crippen molar-refractivity contribution in [3.63, 3.8) is 0 Å². The monoisotopic (exact) mass is 301 g/mol. The molecule has 0 amide bonds. The Kier molecular flexibility index (Phi) is 6.13. The number of nitrogens with zero attached hydrogens (tertiary/aromatic N) is 1. The van der Waals surface area contributed by atoms with Crippen molar-refractivity contribution in [2.75, 3.05) is 20.3 Å². The van der Waals surface area contributed by atoms with Gasteiger partial charge in [0.15, 0.2) is 0 Å². The molecule has 0 fully saturated rings. The summed E-state index contributed by atoms with van der Waals surface area (Å²) in [7, 11) is -2.05. The molecule has 0 aliphatic rings. The minimum Gasteiger partial charge on any atom is -0.389 e. The molecule has 1 unspecified atom stereocenters. The minimum atomic E-state index is -3.59. The number of hydrogen-bond donors (Lipinski definition) is 1. The Morgan fingerprint density at radius 3 is 2.45 bits per heavy atom. The lowest BCUT2D eigenvalue weighted by molar-refractivity contribution is 0.171. The SMILES string of the molecule is COCCN(C(C)C)S(=O)(=O)c1cccc(C(C)O)c1. The molecule has 0 bridgehead atoms. The van der Waals surface area contributed by atoms with E-state index in [1.165, 1.54) is 10.4 Å². The Labute approximate surface area is 121 Å². The number of benzene rings is 1. The first-order chi connectivity index (χ1) is 9.30. The maximum absolute atomic E-state index is 12.6. The zero-order chi connectivity index (χ0) is 15.3. The highest BCUT2D eigenvalue weighted by Crippen LogP contribution is 2.21. The van der Waals surface area contributed by atoms with Crippen molar-refractivity contribution in [1.29, 1.82) is 0 Å². The molecule has 1 rings (SSSR count). The molecule has 0 saturated heterocycles. The fraction of sp³-hybridized carbons (Fsp3) is 0.571. The average molecular weight is 301 g/mol. The van der Waals surface area contributed by atoms with E-state index < -0.39 is 16.1 Å². The van der Waals surface area contributed by atoms with E-state index in [0.717, 1.165) is 0 Å². The summed E-state index contributed by atoms with van der Waals surface area (Å²) in [4.78, 5) is 0.195. The maximum Gasteiger partial charge on any atom is 0.243 e. The van der Waals surface area contributed by atoms with E-state index in [1.807, 2.05) is 13.8 Å². The summed E-state index contributed by atoms with van der Waals surface area (Å²) < 4.78 is 31.7. The molecule has 0 radical (unpaired) electrons. The summed E-state index contributed by atoms with van der Waals surface area (Å²) in [5, 5.41) is 9.57. The molecule has 1 N–H and O–H groups in total. The molecule has 0 aromatic heterocycles. The Morgan fingerprint density at radius 1 is 1.30 bits per heavy atom. The molecule has 0 aliphatic carbocycles.